The number of amides is 1. The van der Waals surface area contributed by atoms with Gasteiger partial charge in [0, 0.05) is 18.2 Å². The first-order chi connectivity index (χ1) is 11.7. The Morgan fingerprint density at radius 1 is 1.32 bits per heavy atom. The summed E-state index contributed by atoms with van der Waals surface area (Å²) < 4.78 is 33.8. The predicted molar refractivity (Wildman–Crippen MR) is 80.0 cm³/mol. The van der Waals surface area contributed by atoms with Crippen molar-refractivity contribution in [3.8, 4) is 0 Å². The van der Waals surface area contributed by atoms with Gasteiger partial charge >= 0.3 is 17.6 Å². The Kier molecular flexibility index (Phi) is 4.00. The number of hydrogen-bond acceptors (Lipinski definition) is 5. The van der Waals surface area contributed by atoms with Gasteiger partial charge < -0.3 is 14.6 Å². The number of aromatic nitrogens is 2. The zero-order valence-corrected chi connectivity index (χ0v) is 13.4. The molecule has 1 aliphatic heterocycles. The first kappa shape index (κ1) is 17.3. The second kappa shape index (κ2) is 5.78. The minimum Gasteiger partial charge on any atom is -0.467 e. The highest BCUT2D eigenvalue weighted by Crippen LogP contribution is 2.52. The van der Waals surface area contributed by atoms with Gasteiger partial charge in [0.05, 0.1) is 7.11 Å². The van der Waals surface area contributed by atoms with E-state index in [-0.39, 0.29) is 6.54 Å². The van der Waals surface area contributed by atoms with Crippen LogP contribution in [0.2, 0.25) is 0 Å². The predicted octanol–water partition coefficient (Wildman–Crippen LogP) is 0.0992. The molecule has 1 saturated carbocycles. The third-order valence-corrected chi connectivity index (χ3v) is 5.09. The number of rotatable bonds is 3. The van der Waals surface area contributed by atoms with Crippen LogP contribution in [0.1, 0.15) is 31.2 Å². The van der Waals surface area contributed by atoms with E-state index in [0.29, 0.717) is 19.0 Å². The quantitative estimate of drug-likeness (QED) is 0.745. The van der Waals surface area contributed by atoms with Gasteiger partial charge in [-0.3, -0.25) is 14.6 Å². The van der Waals surface area contributed by atoms with Crippen molar-refractivity contribution in [1.29, 1.82) is 0 Å². The summed E-state index contributed by atoms with van der Waals surface area (Å²) in [5, 5.41) is 0. The lowest BCUT2D eigenvalue weighted by Gasteiger charge is -2.54. The van der Waals surface area contributed by atoms with Crippen LogP contribution in [-0.2, 0) is 20.2 Å². The van der Waals surface area contributed by atoms with E-state index < -0.39 is 46.1 Å². The van der Waals surface area contributed by atoms with E-state index in [1.807, 2.05) is 4.98 Å². The molecule has 2 aliphatic rings. The summed E-state index contributed by atoms with van der Waals surface area (Å²) in [7, 11) is 1.14. The van der Waals surface area contributed by atoms with Crippen molar-refractivity contribution in [1.82, 2.24) is 14.9 Å². The number of H-pyrrole nitrogens is 2. The van der Waals surface area contributed by atoms with E-state index in [1.165, 1.54) is 0 Å². The van der Waals surface area contributed by atoms with Gasteiger partial charge in [0.2, 0.25) is 0 Å². The van der Waals surface area contributed by atoms with Crippen LogP contribution in [0.5, 0.6) is 0 Å². The molecule has 1 aromatic rings. The molecule has 0 radical (unpaired) electrons. The van der Waals surface area contributed by atoms with Crippen molar-refractivity contribution in [2.45, 2.75) is 37.6 Å². The fourth-order valence-electron chi connectivity index (χ4n) is 3.86. The second-order valence-corrected chi connectivity index (χ2v) is 6.49. The van der Waals surface area contributed by atoms with E-state index in [1.54, 1.807) is 4.98 Å². The molecule has 8 nitrogen and oxygen atoms in total. The lowest BCUT2D eigenvalue weighted by molar-refractivity contribution is -0.192. The topological polar surface area (TPSA) is 112 Å². The van der Waals surface area contributed by atoms with Crippen LogP contribution in [0.3, 0.4) is 0 Å². The fraction of sp³-hybridized carbons (Fsp3) is 0.600. The Bertz CT molecular complexity index is 825. The number of alkyl halides is 2. The fourth-order valence-corrected chi connectivity index (χ4v) is 3.86. The third-order valence-electron chi connectivity index (χ3n) is 5.09. The molecule has 0 aromatic carbocycles. The number of aromatic amines is 2. The molecule has 3 rings (SSSR count). The highest BCUT2D eigenvalue weighted by atomic mass is 19.3. The number of hydrogen-bond donors (Lipinski definition) is 2. The Hall–Kier alpha value is -2.52. The number of carbonyl (C=O) groups excluding carboxylic acids is 2. The van der Waals surface area contributed by atoms with Gasteiger partial charge in [-0.25, -0.2) is 9.59 Å². The molecule has 1 aromatic heterocycles. The van der Waals surface area contributed by atoms with Gasteiger partial charge in [-0.05, 0) is 12.8 Å². The molecule has 2 heterocycles. The zero-order valence-electron chi connectivity index (χ0n) is 13.4. The average molecular weight is 357 g/mol. The van der Waals surface area contributed by atoms with Crippen LogP contribution in [0.25, 0.3) is 0 Å². The molecule has 1 amide bonds. The van der Waals surface area contributed by atoms with E-state index in [0.717, 1.165) is 24.9 Å². The number of methoxy groups -OCH3 is 1. The number of halogens is 2. The van der Waals surface area contributed by atoms with Crippen LogP contribution in [0.4, 0.5) is 8.78 Å². The second-order valence-electron chi connectivity index (χ2n) is 6.49. The number of nitrogens with zero attached hydrogens (tertiary/aromatic N) is 1. The van der Waals surface area contributed by atoms with Crippen molar-refractivity contribution in [2.75, 3.05) is 13.7 Å². The molecule has 2 N–H and O–H groups in total. The van der Waals surface area contributed by atoms with Crippen LogP contribution in [-0.4, -0.2) is 46.4 Å². The molecule has 10 heteroatoms. The molecule has 25 heavy (non-hydrogen) atoms. The smallest absolute Gasteiger partial charge is 0.356 e. The normalized spacial score (nSPS) is 21.9. The standard InChI is InChI=1S/C15H17F2N3O5/c1-25-11(22)9-14(4-2-3-5-14)7-20(9)12(23)15(16,17)8-6-18-13(24)19-10(8)21/h6,9H,2-5,7H2,1H3,(H2,18,19,21,24). The van der Waals surface area contributed by atoms with Crippen LogP contribution < -0.4 is 11.2 Å². The maximum atomic E-state index is 14.5. The highest BCUT2D eigenvalue weighted by molar-refractivity contribution is 5.91. The van der Waals surface area contributed by atoms with Crippen molar-refractivity contribution in [3.63, 3.8) is 0 Å². The third kappa shape index (κ3) is 2.56. The number of esters is 1. The summed E-state index contributed by atoms with van der Waals surface area (Å²) in [5.41, 5.74) is -4.02. The Labute approximate surface area is 140 Å². The molecule has 1 unspecified atom stereocenters. The summed E-state index contributed by atoms with van der Waals surface area (Å²) in [6.07, 6.45) is 3.52. The van der Waals surface area contributed by atoms with Crippen molar-refractivity contribution in [2.24, 2.45) is 5.41 Å². The van der Waals surface area contributed by atoms with Crippen LogP contribution in [0.15, 0.2) is 15.8 Å². The number of ether oxygens (including phenoxy) is 1. The summed E-state index contributed by atoms with van der Waals surface area (Å²) in [4.78, 5) is 51.4. The van der Waals surface area contributed by atoms with E-state index in [2.05, 4.69) is 4.74 Å². The van der Waals surface area contributed by atoms with E-state index >= 15 is 0 Å². The largest absolute Gasteiger partial charge is 0.467 e. The average Bonchev–Trinajstić information content (AvgIpc) is 3.03. The van der Waals surface area contributed by atoms with E-state index in [9.17, 15) is 28.0 Å². The molecule has 2 fully saturated rings. The van der Waals surface area contributed by atoms with Crippen molar-refractivity contribution < 1.29 is 23.1 Å². The first-order valence-electron chi connectivity index (χ1n) is 7.82. The SMILES string of the molecule is COC(=O)C1N(C(=O)C(F)(F)c2c[nH]c(=O)[nH]c2=O)CC12CCCC2. The van der Waals surface area contributed by atoms with Gasteiger partial charge in [0.25, 0.3) is 11.5 Å². The maximum Gasteiger partial charge on any atom is 0.356 e. The summed E-state index contributed by atoms with van der Waals surface area (Å²) in [6.45, 7) is 0.0163. The van der Waals surface area contributed by atoms with Gasteiger partial charge in [0.1, 0.15) is 11.6 Å². The van der Waals surface area contributed by atoms with Crippen LogP contribution >= 0.6 is 0 Å². The van der Waals surface area contributed by atoms with Gasteiger partial charge in [-0.15, -0.1) is 0 Å². The molecule has 1 spiro atoms. The number of carbonyl (C=O) groups is 2. The van der Waals surface area contributed by atoms with Crippen LogP contribution in [0, 0.1) is 5.41 Å². The van der Waals surface area contributed by atoms with Gasteiger partial charge in [-0.2, -0.15) is 8.78 Å². The number of nitrogens with one attached hydrogen (secondary N) is 2. The minimum atomic E-state index is -4.18. The molecule has 136 valence electrons. The van der Waals surface area contributed by atoms with Gasteiger partial charge in [0.15, 0.2) is 0 Å². The lowest BCUT2D eigenvalue weighted by atomic mass is 9.69. The first-order valence-corrected chi connectivity index (χ1v) is 7.82. The van der Waals surface area contributed by atoms with Gasteiger partial charge in [-0.1, -0.05) is 12.8 Å². The van der Waals surface area contributed by atoms with E-state index in [4.69, 9.17) is 0 Å². The monoisotopic (exact) mass is 357 g/mol. The van der Waals surface area contributed by atoms with Crippen molar-refractivity contribution in [3.05, 3.63) is 32.6 Å². The summed E-state index contributed by atoms with van der Waals surface area (Å²) in [6, 6.07) is -1.08. The molecule has 1 saturated heterocycles. The Balaban J connectivity index is 1.92. The zero-order chi connectivity index (χ0) is 18.4. The molecule has 0 bridgehead atoms. The highest BCUT2D eigenvalue weighted by Gasteiger charge is 2.63. The Morgan fingerprint density at radius 2 is 1.96 bits per heavy atom. The summed E-state index contributed by atoms with van der Waals surface area (Å²) in [5.74, 6) is -6.57. The molecule has 1 aliphatic carbocycles. The molecule has 1 atom stereocenters. The summed E-state index contributed by atoms with van der Waals surface area (Å²) >= 11 is 0. The maximum absolute atomic E-state index is 14.5. The molecular formula is C15H17F2N3O5. The lowest BCUT2D eigenvalue weighted by Crippen LogP contribution is -2.70. The van der Waals surface area contributed by atoms with Crippen molar-refractivity contribution >= 4 is 11.9 Å². The number of likely N-dealkylation sites (tertiary alicyclic amines) is 1. The molecular weight excluding hydrogens is 340 g/mol. The Morgan fingerprint density at radius 3 is 2.52 bits per heavy atom. The minimum absolute atomic E-state index is 0.0163.